The van der Waals surface area contributed by atoms with Crippen molar-refractivity contribution in [1.82, 2.24) is 0 Å². The Balaban J connectivity index is 2.24. The van der Waals surface area contributed by atoms with Crippen LogP contribution in [0.1, 0.15) is 28.8 Å². The van der Waals surface area contributed by atoms with Crippen LogP contribution in [-0.4, -0.2) is 18.9 Å². The van der Waals surface area contributed by atoms with E-state index in [4.69, 9.17) is 10.5 Å². The molecule has 3 nitrogen and oxygen atoms in total. The summed E-state index contributed by atoms with van der Waals surface area (Å²) in [6, 6.07) is 5.65. The second-order valence-electron chi connectivity index (χ2n) is 3.74. The van der Waals surface area contributed by atoms with Crippen molar-refractivity contribution in [2.75, 3.05) is 13.2 Å². The minimum atomic E-state index is 0.117. The van der Waals surface area contributed by atoms with Crippen LogP contribution in [0, 0.1) is 0 Å². The van der Waals surface area contributed by atoms with E-state index >= 15 is 0 Å². The van der Waals surface area contributed by atoms with Gasteiger partial charge in [-0.15, -0.1) is 0 Å². The number of carbonyl (C=O) groups is 1. The lowest BCUT2D eigenvalue weighted by atomic mass is 10.0. The van der Waals surface area contributed by atoms with Gasteiger partial charge in [-0.05, 0) is 43.1 Å². The molecule has 0 amide bonds. The van der Waals surface area contributed by atoms with Gasteiger partial charge in [0.25, 0.3) is 0 Å². The summed E-state index contributed by atoms with van der Waals surface area (Å²) in [5.74, 6) is 1.04. The lowest BCUT2D eigenvalue weighted by Crippen LogP contribution is -2.11. The van der Waals surface area contributed by atoms with E-state index in [0.29, 0.717) is 13.0 Å². The van der Waals surface area contributed by atoms with Crippen LogP contribution in [0.3, 0.4) is 0 Å². The molecule has 1 aliphatic heterocycles. The van der Waals surface area contributed by atoms with Gasteiger partial charge in [0.2, 0.25) is 0 Å². The molecule has 0 aliphatic carbocycles. The van der Waals surface area contributed by atoms with E-state index in [1.165, 1.54) is 0 Å². The summed E-state index contributed by atoms with van der Waals surface area (Å²) < 4.78 is 5.48. The number of Topliss-reactive ketones (excluding diaryl/α,β-unsaturated/α-hetero) is 1. The Kier molecular flexibility index (Phi) is 3.02. The van der Waals surface area contributed by atoms with Crippen molar-refractivity contribution in [3.05, 3.63) is 29.3 Å². The van der Waals surface area contributed by atoms with Gasteiger partial charge in [-0.3, -0.25) is 4.79 Å². The zero-order valence-corrected chi connectivity index (χ0v) is 8.66. The van der Waals surface area contributed by atoms with E-state index in [1.54, 1.807) is 0 Å². The number of rotatable bonds is 3. The highest BCUT2D eigenvalue weighted by molar-refractivity contribution is 5.96. The van der Waals surface area contributed by atoms with Gasteiger partial charge in [0.05, 0.1) is 6.61 Å². The van der Waals surface area contributed by atoms with Crippen molar-refractivity contribution in [2.24, 2.45) is 5.73 Å². The standard InChI is InChI=1S/C12H15NO2/c13-6-5-11(14)9-3-4-12-10(8-9)2-1-7-15-12/h3-4,8H,1-2,5-7,13H2. The predicted molar refractivity (Wildman–Crippen MR) is 58.3 cm³/mol. The molecule has 2 rings (SSSR count). The highest BCUT2D eigenvalue weighted by Gasteiger charge is 2.13. The normalized spacial score (nSPS) is 14.2. The number of nitrogens with two attached hydrogens (primary N) is 1. The lowest BCUT2D eigenvalue weighted by molar-refractivity contribution is 0.0985. The van der Waals surface area contributed by atoms with Crippen LogP contribution in [-0.2, 0) is 6.42 Å². The monoisotopic (exact) mass is 205 g/mol. The van der Waals surface area contributed by atoms with E-state index < -0.39 is 0 Å². The first-order valence-corrected chi connectivity index (χ1v) is 5.30. The number of ether oxygens (including phenoxy) is 1. The van der Waals surface area contributed by atoms with Crippen LogP contribution >= 0.6 is 0 Å². The molecule has 80 valence electrons. The lowest BCUT2D eigenvalue weighted by Gasteiger charge is -2.17. The molecule has 2 N–H and O–H groups in total. The van der Waals surface area contributed by atoms with Crippen LogP contribution in [0.25, 0.3) is 0 Å². The Morgan fingerprint density at radius 1 is 1.47 bits per heavy atom. The van der Waals surface area contributed by atoms with Crippen molar-refractivity contribution in [1.29, 1.82) is 0 Å². The quantitative estimate of drug-likeness (QED) is 0.761. The molecular formula is C12H15NO2. The Bertz CT molecular complexity index is 374. The molecule has 1 aromatic carbocycles. The fraction of sp³-hybridized carbons (Fsp3) is 0.417. The first-order valence-electron chi connectivity index (χ1n) is 5.30. The molecule has 3 heteroatoms. The third-order valence-electron chi connectivity index (χ3n) is 2.60. The van der Waals surface area contributed by atoms with Crippen molar-refractivity contribution < 1.29 is 9.53 Å². The minimum absolute atomic E-state index is 0.117. The third-order valence-corrected chi connectivity index (χ3v) is 2.60. The molecular weight excluding hydrogens is 190 g/mol. The molecule has 1 aliphatic rings. The Morgan fingerprint density at radius 3 is 3.13 bits per heavy atom. The third kappa shape index (κ3) is 2.18. The average molecular weight is 205 g/mol. The Morgan fingerprint density at radius 2 is 2.33 bits per heavy atom. The molecule has 15 heavy (non-hydrogen) atoms. The number of ketones is 1. The zero-order valence-electron chi connectivity index (χ0n) is 8.66. The topological polar surface area (TPSA) is 52.3 Å². The van der Waals surface area contributed by atoms with Crippen LogP contribution in [0.4, 0.5) is 0 Å². The van der Waals surface area contributed by atoms with Gasteiger partial charge < -0.3 is 10.5 Å². The van der Waals surface area contributed by atoms with Gasteiger partial charge in [-0.25, -0.2) is 0 Å². The molecule has 0 bridgehead atoms. The maximum absolute atomic E-state index is 11.6. The summed E-state index contributed by atoms with van der Waals surface area (Å²) in [6.45, 7) is 1.19. The Hall–Kier alpha value is -1.35. The highest BCUT2D eigenvalue weighted by Crippen LogP contribution is 2.25. The minimum Gasteiger partial charge on any atom is -0.493 e. The number of benzene rings is 1. The molecule has 0 saturated heterocycles. The number of hydrogen-bond donors (Lipinski definition) is 1. The summed E-state index contributed by atoms with van der Waals surface area (Å²) in [7, 11) is 0. The van der Waals surface area contributed by atoms with Crippen LogP contribution < -0.4 is 10.5 Å². The smallest absolute Gasteiger partial charge is 0.164 e. The molecule has 0 fully saturated rings. The van der Waals surface area contributed by atoms with Gasteiger partial charge in [-0.1, -0.05) is 0 Å². The summed E-state index contributed by atoms with van der Waals surface area (Å²) in [6.07, 6.45) is 2.44. The fourth-order valence-corrected chi connectivity index (χ4v) is 1.81. The van der Waals surface area contributed by atoms with Gasteiger partial charge in [0, 0.05) is 12.0 Å². The number of fused-ring (bicyclic) bond motifs is 1. The summed E-state index contributed by atoms with van der Waals surface area (Å²) in [4.78, 5) is 11.6. The Labute approximate surface area is 89.2 Å². The molecule has 0 spiro atoms. The average Bonchev–Trinajstić information content (AvgIpc) is 2.29. The molecule has 0 atom stereocenters. The maximum Gasteiger partial charge on any atom is 0.164 e. The highest BCUT2D eigenvalue weighted by atomic mass is 16.5. The van der Waals surface area contributed by atoms with Crippen molar-refractivity contribution in [2.45, 2.75) is 19.3 Å². The number of hydrogen-bond acceptors (Lipinski definition) is 3. The van der Waals surface area contributed by atoms with Crippen molar-refractivity contribution in [3.63, 3.8) is 0 Å². The summed E-state index contributed by atoms with van der Waals surface area (Å²) in [5.41, 5.74) is 7.26. The molecule has 1 aromatic rings. The van der Waals surface area contributed by atoms with Crippen LogP contribution in [0.2, 0.25) is 0 Å². The van der Waals surface area contributed by atoms with E-state index in [2.05, 4.69) is 0 Å². The second-order valence-corrected chi connectivity index (χ2v) is 3.74. The maximum atomic E-state index is 11.6. The van der Waals surface area contributed by atoms with Gasteiger partial charge >= 0.3 is 0 Å². The predicted octanol–water partition coefficient (Wildman–Crippen LogP) is 1.54. The number of aryl methyl sites for hydroxylation is 1. The summed E-state index contributed by atoms with van der Waals surface area (Å²) in [5, 5.41) is 0. The first kappa shape index (κ1) is 10.2. The van der Waals surface area contributed by atoms with Crippen LogP contribution in [0.5, 0.6) is 5.75 Å². The molecule has 0 radical (unpaired) electrons. The van der Waals surface area contributed by atoms with Gasteiger partial charge in [-0.2, -0.15) is 0 Å². The van der Waals surface area contributed by atoms with Crippen LogP contribution in [0.15, 0.2) is 18.2 Å². The van der Waals surface area contributed by atoms with E-state index in [1.807, 2.05) is 18.2 Å². The van der Waals surface area contributed by atoms with E-state index in [9.17, 15) is 4.79 Å². The summed E-state index contributed by atoms with van der Waals surface area (Å²) >= 11 is 0. The van der Waals surface area contributed by atoms with E-state index in [-0.39, 0.29) is 5.78 Å². The van der Waals surface area contributed by atoms with Crippen molar-refractivity contribution in [3.8, 4) is 5.75 Å². The van der Waals surface area contributed by atoms with Crippen molar-refractivity contribution >= 4 is 5.78 Å². The SMILES string of the molecule is NCCC(=O)c1ccc2c(c1)CCCO2. The zero-order chi connectivity index (χ0) is 10.7. The molecule has 0 saturated carbocycles. The first-order chi connectivity index (χ1) is 7.31. The number of carbonyl (C=O) groups excluding carboxylic acids is 1. The second kappa shape index (κ2) is 4.45. The fourth-order valence-electron chi connectivity index (χ4n) is 1.81. The molecule has 1 heterocycles. The largest absolute Gasteiger partial charge is 0.493 e. The molecule has 0 aromatic heterocycles. The van der Waals surface area contributed by atoms with Gasteiger partial charge in [0.15, 0.2) is 5.78 Å². The van der Waals surface area contributed by atoms with E-state index in [0.717, 1.165) is 36.3 Å². The van der Waals surface area contributed by atoms with Gasteiger partial charge in [0.1, 0.15) is 5.75 Å². The molecule has 0 unspecified atom stereocenters.